The molecule has 0 amide bonds. The van der Waals surface area contributed by atoms with E-state index in [2.05, 4.69) is 34.5 Å². The zero-order chi connectivity index (χ0) is 16.1. The van der Waals surface area contributed by atoms with Gasteiger partial charge in [-0.25, -0.2) is 8.78 Å². The van der Waals surface area contributed by atoms with Gasteiger partial charge >= 0.3 is 0 Å². The predicted octanol–water partition coefficient (Wildman–Crippen LogP) is 3.78. The summed E-state index contributed by atoms with van der Waals surface area (Å²) in [6.07, 6.45) is -1.21. The molecule has 0 radical (unpaired) electrons. The Morgan fingerprint density at radius 1 is 0.792 bits per heavy atom. The summed E-state index contributed by atoms with van der Waals surface area (Å²) < 4.78 is 24.6. The van der Waals surface area contributed by atoms with Crippen LogP contribution in [0.4, 0.5) is 8.78 Å². The van der Waals surface area contributed by atoms with Gasteiger partial charge in [0.25, 0.3) is 0 Å². The highest BCUT2D eigenvalue weighted by Crippen LogP contribution is 2.32. The van der Waals surface area contributed by atoms with Gasteiger partial charge in [-0.05, 0) is 11.1 Å². The molecule has 2 aliphatic rings. The van der Waals surface area contributed by atoms with Crippen molar-refractivity contribution in [1.29, 1.82) is 0 Å². The second kappa shape index (κ2) is 9.11. The van der Waals surface area contributed by atoms with E-state index in [1.165, 1.54) is 11.1 Å². The monoisotopic (exact) mass is 352 g/mol. The molecule has 2 fully saturated rings. The molecule has 0 atom stereocenters. The molecule has 2 nitrogen and oxygen atoms in total. The molecule has 0 bridgehead atoms. The Balaban J connectivity index is 0.000000300. The number of halogens is 3. The summed E-state index contributed by atoms with van der Waals surface area (Å²) in [6.45, 7) is 2.21. The Morgan fingerprint density at radius 3 is 1.50 bits per heavy atom. The predicted molar refractivity (Wildman–Crippen MR) is 96.2 cm³/mol. The standard InChI is InChI=1S/C16H16FN.C3H6FN.ClH/c17-15-11-18(12-15)16(13-7-3-1-4-8-13)14-9-5-2-6-10-14;4-3-1-5-2-3;/h1-10,15-16H,11-12H2;3,5H,1-2H2;1H. The van der Waals surface area contributed by atoms with Gasteiger partial charge in [0, 0.05) is 26.2 Å². The van der Waals surface area contributed by atoms with Crippen molar-refractivity contribution in [2.24, 2.45) is 0 Å². The highest BCUT2D eigenvalue weighted by molar-refractivity contribution is 5.85. The number of benzene rings is 2. The molecule has 1 N–H and O–H groups in total. The molecule has 2 aliphatic heterocycles. The first-order valence-corrected chi connectivity index (χ1v) is 8.07. The van der Waals surface area contributed by atoms with Crippen LogP contribution in [0.1, 0.15) is 17.2 Å². The van der Waals surface area contributed by atoms with Crippen molar-refractivity contribution in [2.75, 3.05) is 26.2 Å². The van der Waals surface area contributed by atoms with Crippen LogP contribution < -0.4 is 5.32 Å². The number of hydrogen-bond donors (Lipinski definition) is 1. The van der Waals surface area contributed by atoms with Gasteiger partial charge in [-0.15, -0.1) is 12.4 Å². The Hall–Kier alpha value is -1.49. The summed E-state index contributed by atoms with van der Waals surface area (Å²) in [6, 6.07) is 20.8. The third-order valence-electron chi connectivity index (χ3n) is 4.19. The Labute approximate surface area is 148 Å². The quantitative estimate of drug-likeness (QED) is 0.904. The molecule has 2 heterocycles. The smallest absolute Gasteiger partial charge is 0.125 e. The number of nitrogens with zero attached hydrogens (tertiary/aromatic N) is 1. The first-order valence-electron chi connectivity index (χ1n) is 8.07. The van der Waals surface area contributed by atoms with E-state index in [1.54, 1.807) is 0 Å². The fraction of sp³-hybridized carbons (Fsp3) is 0.368. The average Bonchev–Trinajstić information content (AvgIpc) is 2.54. The zero-order valence-electron chi connectivity index (χ0n) is 13.4. The average molecular weight is 353 g/mol. The fourth-order valence-electron chi connectivity index (χ4n) is 2.80. The summed E-state index contributed by atoms with van der Waals surface area (Å²) >= 11 is 0. The van der Waals surface area contributed by atoms with Crippen molar-refractivity contribution in [3.8, 4) is 0 Å². The lowest BCUT2D eigenvalue weighted by Gasteiger charge is -2.41. The normalized spacial score (nSPS) is 18.0. The number of hydrogen-bond acceptors (Lipinski definition) is 2. The van der Waals surface area contributed by atoms with Gasteiger partial charge in [0.05, 0.1) is 6.04 Å². The molecule has 24 heavy (non-hydrogen) atoms. The fourth-order valence-corrected chi connectivity index (χ4v) is 2.80. The molecule has 0 saturated carbocycles. The molecule has 2 saturated heterocycles. The number of nitrogens with one attached hydrogen (secondary N) is 1. The van der Waals surface area contributed by atoms with E-state index in [-0.39, 0.29) is 18.4 Å². The largest absolute Gasteiger partial charge is 0.311 e. The number of rotatable bonds is 3. The van der Waals surface area contributed by atoms with E-state index in [0.717, 1.165) is 0 Å². The lowest BCUT2D eigenvalue weighted by molar-refractivity contribution is 0.0402. The van der Waals surface area contributed by atoms with Crippen LogP contribution in [0.25, 0.3) is 0 Å². The lowest BCUT2D eigenvalue weighted by atomic mass is 9.94. The molecule has 2 aromatic rings. The minimum Gasteiger partial charge on any atom is -0.311 e. The molecule has 2 aromatic carbocycles. The lowest BCUT2D eigenvalue weighted by Crippen LogP contribution is -2.50. The van der Waals surface area contributed by atoms with Gasteiger partial charge in [-0.2, -0.15) is 0 Å². The summed E-state index contributed by atoms with van der Waals surface area (Å²) in [5, 5.41) is 2.79. The summed E-state index contributed by atoms with van der Waals surface area (Å²) in [4.78, 5) is 2.19. The van der Waals surface area contributed by atoms with Crippen LogP contribution in [-0.4, -0.2) is 43.4 Å². The van der Waals surface area contributed by atoms with E-state index in [1.807, 2.05) is 36.4 Å². The second-order valence-electron chi connectivity index (χ2n) is 6.03. The van der Waals surface area contributed by atoms with E-state index in [9.17, 15) is 8.78 Å². The zero-order valence-corrected chi connectivity index (χ0v) is 14.3. The third kappa shape index (κ3) is 4.76. The van der Waals surface area contributed by atoms with E-state index in [4.69, 9.17) is 0 Å². The Morgan fingerprint density at radius 2 is 1.21 bits per heavy atom. The highest BCUT2D eigenvalue weighted by atomic mass is 35.5. The van der Waals surface area contributed by atoms with Gasteiger partial charge in [-0.3, -0.25) is 4.90 Å². The van der Waals surface area contributed by atoms with Crippen LogP contribution in [0.15, 0.2) is 60.7 Å². The van der Waals surface area contributed by atoms with Crippen molar-refractivity contribution >= 4 is 12.4 Å². The molecule has 0 unspecified atom stereocenters. The topological polar surface area (TPSA) is 15.3 Å². The molecule has 130 valence electrons. The Bertz CT molecular complexity index is 547. The van der Waals surface area contributed by atoms with E-state index >= 15 is 0 Å². The summed E-state index contributed by atoms with van der Waals surface area (Å²) in [5.41, 5.74) is 2.46. The highest BCUT2D eigenvalue weighted by Gasteiger charge is 2.33. The van der Waals surface area contributed by atoms with Crippen molar-refractivity contribution in [1.82, 2.24) is 10.2 Å². The van der Waals surface area contributed by atoms with Crippen LogP contribution >= 0.6 is 12.4 Å². The first kappa shape index (κ1) is 18.8. The van der Waals surface area contributed by atoms with E-state index in [0.29, 0.717) is 26.2 Å². The molecular formula is C19H23ClF2N2. The van der Waals surface area contributed by atoms with Crippen molar-refractivity contribution in [3.63, 3.8) is 0 Å². The van der Waals surface area contributed by atoms with Gasteiger partial charge in [0.1, 0.15) is 12.3 Å². The van der Waals surface area contributed by atoms with Crippen molar-refractivity contribution in [3.05, 3.63) is 71.8 Å². The SMILES string of the molecule is Cl.FC1CN(C(c2ccccc2)c2ccccc2)C1.FC1CNC1. The molecule has 5 heteroatoms. The van der Waals surface area contributed by atoms with Crippen LogP contribution in [0.3, 0.4) is 0 Å². The summed E-state index contributed by atoms with van der Waals surface area (Å²) in [5.74, 6) is 0. The third-order valence-corrected chi connectivity index (χ3v) is 4.19. The second-order valence-corrected chi connectivity index (χ2v) is 6.03. The molecule has 4 rings (SSSR count). The molecular weight excluding hydrogens is 330 g/mol. The maximum absolute atomic E-state index is 13.1. The maximum Gasteiger partial charge on any atom is 0.125 e. The van der Waals surface area contributed by atoms with Gasteiger partial charge in [0.2, 0.25) is 0 Å². The molecule has 0 aromatic heterocycles. The molecule has 0 aliphatic carbocycles. The van der Waals surface area contributed by atoms with Crippen molar-refractivity contribution < 1.29 is 8.78 Å². The van der Waals surface area contributed by atoms with Gasteiger partial charge in [0.15, 0.2) is 0 Å². The number of alkyl halides is 2. The first-order chi connectivity index (χ1) is 11.2. The van der Waals surface area contributed by atoms with Gasteiger partial charge < -0.3 is 5.32 Å². The van der Waals surface area contributed by atoms with Gasteiger partial charge in [-0.1, -0.05) is 60.7 Å². The number of likely N-dealkylation sites (tertiary alicyclic amines) is 1. The minimum absolute atomic E-state index is 0. The van der Waals surface area contributed by atoms with Crippen LogP contribution in [0.2, 0.25) is 0 Å². The van der Waals surface area contributed by atoms with E-state index < -0.39 is 12.3 Å². The van der Waals surface area contributed by atoms with Crippen LogP contribution in [0, 0.1) is 0 Å². The molecule has 0 spiro atoms. The van der Waals surface area contributed by atoms with Crippen LogP contribution in [-0.2, 0) is 0 Å². The van der Waals surface area contributed by atoms with Crippen molar-refractivity contribution in [2.45, 2.75) is 18.4 Å². The minimum atomic E-state index is -0.667. The summed E-state index contributed by atoms with van der Waals surface area (Å²) in [7, 11) is 0. The maximum atomic E-state index is 13.1. The van der Waals surface area contributed by atoms with Crippen LogP contribution in [0.5, 0.6) is 0 Å². The Kier molecular flexibility index (Phi) is 7.16.